The molecule has 2 aromatic carbocycles. The second kappa shape index (κ2) is 16.7. The number of hydrogen-bond acceptors (Lipinski definition) is 11. The SMILES string of the molecule is CCN1CCCC1CNC(=O)c1ccc(-c2ccc(/C=C3\SC(=S)NC3=O)o2)cc1.O=C1NC(=S)S/C1=C\c1ccc(-c2ccc(C(=O)O)cc2)o1. The van der Waals surface area contributed by atoms with Gasteiger partial charge >= 0.3 is 5.97 Å². The Morgan fingerprint density at radius 2 is 1.33 bits per heavy atom. The molecule has 0 spiro atoms. The third kappa shape index (κ3) is 9.16. The molecule has 4 N–H and O–H groups in total. The van der Waals surface area contributed by atoms with Gasteiger partial charge in [-0.1, -0.05) is 79.1 Å². The second-order valence-electron chi connectivity index (χ2n) is 11.7. The highest BCUT2D eigenvalue weighted by Crippen LogP contribution is 2.30. The molecular weight excluding hydrogens is 741 g/mol. The van der Waals surface area contributed by atoms with Gasteiger partial charge in [-0.05, 0) is 74.5 Å². The molecule has 7 rings (SSSR count). The van der Waals surface area contributed by atoms with Gasteiger partial charge in [-0.15, -0.1) is 0 Å². The van der Waals surface area contributed by atoms with Crippen LogP contribution in [0.3, 0.4) is 0 Å². The van der Waals surface area contributed by atoms with Gasteiger partial charge in [0.15, 0.2) is 0 Å². The fourth-order valence-electron chi connectivity index (χ4n) is 5.69. The maximum absolute atomic E-state index is 12.5. The fraction of sp³-hybridized carbons (Fsp3) is 0.189. The molecule has 3 aliphatic rings. The Morgan fingerprint density at radius 3 is 1.77 bits per heavy atom. The van der Waals surface area contributed by atoms with Crippen LogP contribution in [0.4, 0.5) is 0 Å². The number of aromatic carboxylic acids is 1. The highest BCUT2D eigenvalue weighted by Gasteiger charge is 2.25. The number of likely N-dealkylation sites (tertiary alicyclic amines) is 1. The third-order valence-corrected chi connectivity index (χ3v) is 10.7. The average Bonchev–Trinajstić information content (AvgIpc) is 3.98. The Hall–Kier alpha value is -4.80. The van der Waals surface area contributed by atoms with E-state index in [1.165, 1.54) is 42.1 Å². The van der Waals surface area contributed by atoms with Crippen LogP contribution in [0, 0.1) is 0 Å². The number of carbonyl (C=O) groups is 4. The van der Waals surface area contributed by atoms with Crippen molar-refractivity contribution < 1.29 is 33.1 Å². The Bertz CT molecular complexity index is 2100. The zero-order chi connectivity index (χ0) is 36.8. The molecule has 5 heterocycles. The Labute approximate surface area is 318 Å². The first-order chi connectivity index (χ1) is 25.1. The van der Waals surface area contributed by atoms with Crippen molar-refractivity contribution in [3.05, 3.63) is 105 Å². The summed E-state index contributed by atoms with van der Waals surface area (Å²) in [5.41, 5.74) is 2.46. The molecule has 2 aromatic heterocycles. The number of nitrogens with one attached hydrogen (secondary N) is 3. The predicted molar refractivity (Wildman–Crippen MR) is 210 cm³/mol. The molecule has 3 amide bonds. The highest BCUT2D eigenvalue weighted by molar-refractivity contribution is 8.27. The molecule has 3 aliphatic heterocycles. The summed E-state index contributed by atoms with van der Waals surface area (Å²) in [5, 5.41) is 17.0. The normalized spacial score (nSPS) is 18.8. The number of thioether (sulfide) groups is 2. The van der Waals surface area contributed by atoms with Crippen molar-refractivity contribution in [2.75, 3.05) is 19.6 Å². The van der Waals surface area contributed by atoms with E-state index in [-0.39, 0.29) is 23.3 Å². The number of rotatable bonds is 9. The summed E-state index contributed by atoms with van der Waals surface area (Å²) in [6.45, 7) is 4.97. The van der Waals surface area contributed by atoms with Crippen molar-refractivity contribution in [1.29, 1.82) is 0 Å². The molecule has 0 aliphatic carbocycles. The summed E-state index contributed by atoms with van der Waals surface area (Å²) in [5.74, 6) is 0.882. The minimum absolute atomic E-state index is 0.0605. The lowest BCUT2D eigenvalue weighted by Gasteiger charge is -2.22. The lowest BCUT2D eigenvalue weighted by atomic mass is 10.1. The van der Waals surface area contributed by atoms with Crippen molar-refractivity contribution in [2.24, 2.45) is 0 Å². The topological polar surface area (TPSA) is 154 Å². The number of furan rings is 2. The number of thiocarbonyl (C=S) groups is 2. The molecule has 0 radical (unpaired) electrons. The maximum atomic E-state index is 12.5. The second-order valence-corrected chi connectivity index (χ2v) is 15.1. The number of benzene rings is 2. The van der Waals surface area contributed by atoms with E-state index in [9.17, 15) is 19.2 Å². The molecule has 3 saturated heterocycles. The highest BCUT2D eigenvalue weighted by atomic mass is 32.2. The van der Waals surface area contributed by atoms with E-state index in [0.717, 1.165) is 30.6 Å². The Kier molecular flexibility index (Phi) is 11.9. The van der Waals surface area contributed by atoms with E-state index in [1.807, 2.05) is 18.2 Å². The van der Waals surface area contributed by atoms with Crippen LogP contribution in [0.5, 0.6) is 0 Å². The summed E-state index contributed by atoms with van der Waals surface area (Å²) in [6.07, 6.45) is 5.62. The predicted octanol–water partition coefficient (Wildman–Crippen LogP) is 6.78. The molecule has 11 nitrogen and oxygen atoms in total. The number of likely N-dealkylation sites (N-methyl/N-ethyl adjacent to an activating group) is 1. The van der Waals surface area contributed by atoms with Crippen LogP contribution >= 0.6 is 48.0 Å². The van der Waals surface area contributed by atoms with Crippen molar-refractivity contribution in [3.63, 3.8) is 0 Å². The maximum Gasteiger partial charge on any atom is 0.335 e. The van der Waals surface area contributed by atoms with E-state index in [4.69, 9.17) is 38.4 Å². The van der Waals surface area contributed by atoms with Crippen LogP contribution < -0.4 is 16.0 Å². The summed E-state index contributed by atoms with van der Waals surface area (Å²) < 4.78 is 12.4. The lowest BCUT2D eigenvalue weighted by molar-refractivity contribution is -0.116. The molecular formula is C37H32N4O7S4. The Morgan fingerprint density at radius 1 is 0.827 bits per heavy atom. The standard InChI is InChI=1S/C22H23N3O3S2.C15H9NO4S2/c1-2-25-11-3-4-16(25)13-23-20(26)15-7-5-14(6-8-15)18-10-9-17(28-18)12-19-21(27)24-22(29)30-19;17-13-12(22-15(21)16-13)7-10-5-6-11(20-10)8-1-3-9(4-2-8)14(18)19/h5-10,12,16H,2-4,11,13H2,1H3,(H,23,26)(H,24,27,29);1-7H,(H,18,19)(H,16,17,21)/b19-12-;12-7-. The number of hydrogen-bond donors (Lipinski definition) is 4. The number of carboxylic acid groups (broad SMARTS) is 1. The van der Waals surface area contributed by atoms with Gasteiger partial charge in [0, 0.05) is 41.4 Å². The molecule has 15 heteroatoms. The van der Waals surface area contributed by atoms with E-state index >= 15 is 0 Å². The van der Waals surface area contributed by atoms with Crippen LogP contribution in [0.2, 0.25) is 0 Å². The number of carbonyl (C=O) groups excluding carboxylic acids is 3. The number of amides is 3. The van der Waals surface area contributed by atoms with Gasteiger partial charge in [0.2, 0.25) is 0 Å². The third-order valence-electron chi connectivity index (χ3n) is 8.34. The smallest absolute Gasteiger partial charge is 0.335 e. The first-order valence-electron chi connectivity index (χ1n) is 16.2. The van der Waals surface area contributed by atoms with Gasteiger partial charge < -0.3 is 29.9 Å². The molecule has 1 unspecified atom stereocenters. The van der Waals surface area contributed by atoms with Crippen LogP contribution in [-0.4, -0.2) is 68.0 Å². The van der Waals surface area contributed by atoms with Gasteiger partial charge in [-0.25, -0.2) is 4.79 Å². The van der Waals surface area contributed by atoms with E-state index in [0.29, 0.717) is 59.6 Å². The van der Waals surface area contributed by atoms with Crippen molar-refractivity contribution in [2.45, 2.75) is 25.8 Å². The van der Waals surface area contributed by atoms with Crippen molar-refractivity contribution >= 4 is 92.4 Å². The van der Waals surface area contributed by atoms with Gasteiger partial charge in [-0.2, -0.15) is 0 Å². The van der Waals surface area contributed by atoms with Crippen LogP contribution in [0.15, 0.2) is 91.4 Å². The first-order valence-corrected chi connectivity index (χ1v) is 18.7. The first kappa shape index (κ1) is 37.0. The minimum Gasteiger partial charge on any atom is -0.478 e. The zero-order valence-electron chi connectivity index (χ0n) is 27.7. The largest absolute Gasteiger partial charge is 0.478 e. The van der Waals surface area contributed by atoms with Crippen LogP contribution in [-0.2, 0) is 9.59 Å². The fourth-order valence-corrected chi connectivity index (χ4v) is 7.74. The van der Waals surface area contributed by atoms with E-state index in [2.05, 4.69) is 27.8 Å². The molecule has 4 aromatic rings. The van der Waals surface area contributed by atoms with Gasteiger partial charge in [0.25, 0.3) is 17.7 Å². The molecule has 1 atom stereocenters. The molecule has 3 fully saturated rings. The number of nitrogens with zero attached hydrogens (tertiary/aromatic N) is 1. The van der Waals surface area contributed by atoms with E-state index < -0.39 is 5.97 Å². The monoisotopic (exact) mass is 772 g/mol. The minimum atomic E-state index is -0.975. The summed E-state index contributed by atoms with van der Waals surface area (Å²) in [6, 6.07) is 21.3. The van der Waals surface area contributed by atoms with Gasteiger partial charge in [-0.3, -0.25) is 19.3 Å². The Balaban J connectivity index is 0.000000187. The lowest BCUT2D eigenvalue weighted by Crippen LogP contribution is -2.40. The molecule has 52 heavy (non-hydrogen) atoms. The molecule has 266 valence electrons. The molecule has 0 saturated carbocycles. The summed E-state index contributed by atoms with van der Waals surface area (Å²) >= 11 is 12.3. The summed E-state index contributed by atoms with van der Waals surface area (Å²) in [4.78, 5) is 50.1. The molecule has 0 bridgehead atoms. The van der Waals surface area contributed by atoms with E-state index in [1.54, 1.807) is 54.6 Å². The van der Waals surface area contributed by atoms with Gasteiger partial charge in [0.1, 0.15) is 31.7 Å². The quantitative estimate of drug-likeness (QED) is 0.105. The van der Waals surface area contributed by atoms with Crippen molar-refractivity contribution in [3.8, 4) is 22.6 Å². The van der Waals surface area contributed by atoms with Crippen LogP contribution in [0.1, 0.15) is 52.0 Å². The summed E-state index contributed by atoms with van der Waals surface area (Å²) in [7, 11) is 0. The number of carboxylic acids is 1. The van der Waals surface area contributed by atoms with Gasteiger partial charge in [0.05, 0.1) is 15.4 Å². The average molecular weight is 773 g/mol. The van der Waals surface area contributed by atoms with Crippen molar-refractivity contribution in [1.82, 2.24) is 20.9 Å². The van der Waals surface area contributed by atoms with Crippen LogP contribution in [0.25, 0.3) is 34.8 Å². The zero-order valence-corrected chi connectivity index (χ0v) is 30.9.